The van der Waals surface area contributed by atoms with Gasteiger partial charge >= 0.3 is 5.97 Å². The minimum absolute atomic E-state index is 0.336. The second-order valence-corrected chi connectivity index (χ2v) is 6.47. The molecule has 0 aliphatic carbocycles. The van der Waals surface area contributed by atoms with Crippen molar-refractivity contribution >= 4 is 23.3 Å². The summed E-state index contributed by atoms with van der Waals surface area (Å²) in [6.45, 7) is 7.57. The van der Waals surface area contributed by atoms with Crippen LogP contribution in [0.25, 0.3) is 0 Å². The molecule has 136 valence electrons. The second-order valence-electron chi connectivity index (χ2n) is 5.40. The minimum Gasteiger partial charge on any atom is -0.465 e. The molecule has 25 heavy (non-hydrogen) atoms. The molecule has 0 atom stereocenters. The number of hydrogen-bond donors (Lipinski definition) is 2. The highest BCUT2D eigenvalue weighted by Gasteiger charge is 2.15. The van der Waals surface area contributed by atoms with Gasteiger partial charge in [0.15, 0.2) is 5.96 Å². The third kappa shape index (κ3) is 5.60. The summed E-state index contributed by atoms with van der Waals surface area (Å²) >= 11 is 1.65. The SMILES string of the molecule is CCNC(=NCc1cc(C(=O)OC)c(C)o1)NCCc1csc(C)n1. The van der Waals surface area contributed by atoms with Crippen molar-refractivity contribution in [3.63, 3.8) is 0 Å². The fourth-order valence-electron chi connectivity index (χ4n) is 2.26. The van der Waals surface area contributed by atoms with Gasteiger partial charge in [-0.3, -0.25) is 0 Å². The fourth-order valence-corrected chi connectivity index (χ4v) is 2.91. The Balaban J connectivity index is 1.93. The second kappa shape index (κ2) is 9.22. The van der Waals surface area contributed by atoms with Crippen LogP contribution >= 0.6 is 11.3 Å². The fraction of sp³-hybridized carbons (Fsp3) is 0.471. The Hall–Kier alpha value is -2.35. The van der Waals surface area contributed by atoms with Crippen molar-refractivity contribution in [1.29, 1.82) is 0 Å². The predicted molar refractivity (Wildman–Crippen MR) is 98.2 cm³/mol. The summed E-state index contributed by atoms with van der Waals surface area (Å²) in [5.41, 5.74) is 1.51. The smallest absolute Gasteiger partial charge is 0.341 e. The van der Waals surface area contributed by atoms with Crippen LogP contribution < -0.4 is 10.6 Å². The first-order valence-corrected chi connectivity index (χ1v) is 9.02. The Bertz CT molecular complexity index is 736. The zero-order valence-electron chi connectivity index (χ0n) is 15.0. The van der Waals surface area contributed by atoms with Gasteiger partial charge in [0.05, 0.1) is 17.8 Å². The van der Waals surface area contributed by atoms with Crippen LogP contribution in [-0.4, -0.2) is 37.1 Å². The summed E-state index contributed by atoms with van der Waals surface area (Å²) < 4.78 is 10.3. The molecule has 0 bridgehead atoms. The van der Waals surface area contributed by atoms with Crippen LogP contribution in [-0.2, 0) is 17.7 Å². The highest BCUT2D eigenvalue weighted by Crippen LogP contribution is 2.16. The van der Waals surface area contributed by atoms with Gasteiger partial charge in [0.2, 0.25) is 0 Å². The van der Waals surface area contributed by atoms with E-state index in [0.717, 1.165) is 30.2 Å². The van der Waals surface area contributed by atoms with Crippen LogP contribution in [0.2, 0.25) is 0 Å². The highest BCUT2D eigenvalue weighted by atomic mass is 32.1. The molecule has 0 aliphatic rings. The third-order valence-electron chi connectivity index (χ3n) is 3.45. The highest BCUT2D eigenvalue weighted by molar-refractivity contribution is 7.09. The summed E-state index contributed by atoms with van der Waals surface area (Å²) in [5, 5.41) is 9.61. The molecule has 0 amide bonds. The first-order chi connectivity index (χ1) is 12.0. The zero-order chi connectivity index (χ0) is 18.2. The maximum absolute atomic E-state index is 11.6. The van der Waals surface area contributed by atoms with Crippen molar-refractivity contribution in [2.24, 2.45) is 4.99 Å². The van der Waals surface area contributed by atoms with E-state index in [-0.39, 0.29) is 0 Å². The van der Waals surface area contributed by atoms with Crippen molar-refractivity contribution in [1.82, 2.24) is 15.6 Å². The van der Waals surface area contributed by atoms with Crippen molar-refractivity contribution in [2.75, 3.05) is 20.2 Å². The number of hydrogen-bond acceptors (Lipinski definition) is 6. The van der Waals surface area contributed by atoms with Crippen LogP contribution in [0.15, 0.2) is 20.9 Å². The van der Waals surface area contributed by atoms with E-state index >= 15 is 0 Å². The number of ether oxygens (including phenoxy) is 1. The Labute approximate surface area is 151 Å². The number of furan rings is 1. The van der Waals surface area contributed by atoms with Crippen molar-refractivity contribution in [3.05, 3.63) is 39.2 Å². The van der Waals surface area contributed by atoms with Gasteiger partial charge in [0, 0.05) is 24.9 Å². The topological polar surface area (TPSA) is 88.8 Å². The average Bonchev–Trinajstić information content (AvgIpc) is 3.17. The molecule has 2 aromatic rings. The van der Waals surface area contributed by atoms with Crippen LogP contribution in [0.4, 0.5) is 0 Å². The first-order valence-electron chi connectivity index (χ1n) is 8.14. The Kier molecular flexibility index (Phi) is 7.00. The summed E-state index contributed by atoms with van der Waals surface area (Å²) in [4.78, 5) is 20.6. The summed E-state index contributed by atoms with van der Waals surface area (Å²) in [7, 11) is 1.35. The van der Waals surface area contributed by atoms with Crippen molar-refractivity contribution in [2.45, 2.75) is 33.7 Å². The third-order valence-corrected chi connectivity index (χ3v) is 4.27. The van der Waals surface area contributed by atoms with E-state index in [1.807, 2.05) is 13.8 Å². The first kappa shape index (κ1) is 19.0. The van der Waals surface area contributed by atoms with Crippen LogP contribution in [0, 0.1) is 13.8 Å². The zero-order valence-corrected chi connectivity index (χ0v) is 15.8. The quantitative estimate of drug-likeness (QED) is 0.446. The van der Waals surface area contributed by atoms with Crippen molar-refractivity contribution < 1.29 is 13.9 Å². The molecular formula is C17H24N4O3S. The van der Waals surface area contributed by atoms with Gasteiger partial charge in [-0.25, -0.2) is 14.8 Å². The lowest BCUT2D eigenvalue weighted by Crippen LogP contribution is -2.38. The van der Waals surface area contributed by atoms with E-state index in [1.165, 1.54) is 7.11 Å². The molecule has 0 fully saturated rings. The normalized spacial score (nSPS) is 11.4. The number of esters is 1. The van der Waals surface area contributed by atoms with Gasteiger partial charge in [-0.05, 0) is 26.8 Å². The standard InChI is InChI=1S/C17H24N4O3S/c1-5-18-17(19-7-6-13-10-25-12(3)21-13)20-9-14-8-15(11(2)24-14)16(22)23-4/h8,10H,5-7,9H2,1-4H3,(H2,18,19,20). The molecule has 8 heteroatoms. The van der Waals surface area contributed by atoms with Gasteiger partial charge in [0.1, 0.15) is 23.6 Å². The van der Waals surface area contributed by atoms with E-state index in [2.05, 4.69) is 26.0 Å². The number of rotatable bonds is 7. The number of nitrogens with one attached hydrogen (secondary N) is 2. The van der Waals surface area contributed by atoms with Crippen LogP contribution in [0.1, 0.15) is 39.5 Å². The van der Waals surface area contributed by atoms with Gasteiger partial charge in [0.25, 0.3) is 0 Å². The molecule has 0 saturated carbocycles. The van der Waals surface area contributed by atoms with E-state index in [0.29, 0.717) is 29.6 Å². The molecular weight excluding hydrogens is 340 g/mol. The average molecular weight is 364 g/mol. The summed E-state index contributed by atoms with van der Waals surface area (Å²) in [6.07, 6.45) is 0.834. The minimum atomic E-state index is -0.403. The maximum atomic E-state index is 11.6. The van der Waals surface area contributed by atoms with Crippen molar-refractivity contribution in [3.8, 4) is 0 Å². The molecule has 0 spiro atoms. The van der Waals surface area contributed by atoms with E-state index < -0.39 is 5.97 Å². The monoisotopic (exact) mass is 364 g/mol. The number of carbonyl (C=O) groups is 1. The van der Waals surface area contributed by atoms with E-state index in [4.69, 9.17) is 9.15 Å². The van der Waals surface area contributed by atoms with Gasteiger partial charge in [-0.15, -0.1) is 11.3 Å². The largest absolute Gasteiger partial charge is 0.465 e. The lowest BCUT2D eigenvalue weighted by Gasteiger charge is -2.10. The summed E-state index contributed by atoms with van der Waals surface area (Å²) in [5.74, 6) is 1.45. The molecule has 0 radical (unpaired) electrons. The number of guanidine groups is 1. The van der Waals surface area contributed by atoms with Gasteiger partial charge in [-0.2, -0.15) is 0 Å². The molecule has 0 unspecified atom stereocenters. The molecule has 0 aliphatic heterocycles. The maximum Gasteiger partial charge on any atom is 0.341 e. The lowest BCUT2D eigenvalue weighted by molar-refractivity contribution is 0.0599. The van der Waals surface area contributed by atoms with Crippen LogP contribution in [0.3, 0.4) is 0 Å². The van der Waals surface area contributed by atoms with E-state index in [9.17, 15) is 4.79 Å². The van der Waals surface area contributed by atoms with E-state index in [1.54, 1.807) is 24.3 Å². The molecule has 2 heterocycles. The molecule has 2 aromatic heterocycles. The number of methoxy groups -OCH3 is 1. The number of aromatic nitrogens is 1. The lowest BCUT2D eigenvalue weighted by atomic mass is 10.2. The molecule has 2 N–H and O–H groups in total. The molecule has 2 rings (SSSR count). The Morgan fingerprint density at radius 3 is 2.84 bits per heavy atom. The Morgan fingerprint density at radius 1 is 1.40 bits per heavy atom. The van der Waals surface area contributed by atoms with Gasteiger partial charge in [-0.1, -0.05) is 0 Å². The molecule has 0 saturated heterocycles. The molecule has 0 aromatic carbocycles. The number of nitrogens with zero attached hydrogens (tertiary/aromatic N) is 2. The number of carbonyl (C=O) groups excluding carboxylic acids is 1. The van der Waals surface area contributed by atoms with Gasteiger partial charge < -0.3 is 19.8 Å². The number of aliphatic imine (C=N–C) groups is 1. The summed E-state index contributed by atoms with van der Waals surface area (Å²) in [6, 6.07) is 1.67. The molecule has 7 nitrogen and oxygen atoms in total. The Morgan fingerprint density at radius 2 is 2.20 bits per heavy atom. The van der Waals surface area contributed by atoms with Crippen LogP contribution in [0.5, 0.6) is 0 Å². The number of thiazole rings is 1. The number of aryl methyl sites for hydroxylation is 2. The predicted octanol–water partition coefficient (Wildman–Crippen LogP) is 2.44.